The predicted molar refractivity (Wildman–Crippen MR) is 59.8 cm³/mol. The molecule has 16 heavy (non-hydrogen) atoms. The fourth-order valence-electron chi connectivity index (χ4n) is 1.54. The summed E-state index contributed by atoms with van der Waals surface area (Å²) in [7, 11) is 0. The predicted octanol–water partition coefficient (Wildman–Crippen LogP) is 2.08. The molecule has 3 nitrogen and oxygen atoms in total. The molecule has 1 aromatic rings. The molecule has 0 bridgehead atoms. The van der Waals surface area contributed by atoms with Gasteiger partial charge in [-0.2, -0.15) is 0 Å². The van der Waals surface area contributed by atoms with Crippen LogP contribution >= 0.6 is 0 Å². The maximum absolute atomic E-state index is 11.1. The average molecular weight is 218 g/mol. The van der Waals surface area contributed by atoms with E-state index in [2.05, 4.69) is 12.1 Å². The van der Waals surface area contributed by atoms with Gasteiger partial charge in [0.15, 0.2) is 0 Å². The summed E-state index contributed by atoms with van der Waals surface area (Å²) in [5.74, 6) is -0.250. The van der Waals surface area contributed by atoms with Crippen molar-refractivity contribution in [3.05, 3.63) is 47.7 Å². The van der Waals surface area contributed by atoms with E-state index >= 15 is 0 Å². The van der Waals surface area contributed by atoms with Crippen LogP contribution in [0.5, 0.6) is 0 Å². The molecular weight excluding hydrogens is 204 g/mol. The lowest BCUT2D eigenvalue weighted by molar-refractivity contribution is -0.135. The van der Waals surface area contributed by atoms with Crippen molar-refractivity contribution < 1.29 is 14.3 Å². The summed E-state index contributed by atoms with van der Waals surface area (Å²) in [5.41, 5.74) is 1.86. The molecule has 0 spiro atoms. The van der Waals surface area contributed by atoms with Crippen molar-refractivity contribution in [3.63, 3.8) is 0 Å². The van der Waals surface area contributed by atoms with Crippen LogP contribution in [0, 0.1) is 0 Å². The fraction of sp³-hybridized carbons (Fsp3) is 0.308. The van der Waals surface area contributed by atoms with Gasteiger partial charge in [-0.25, -0.2) is 4.79 Å². The third-order valence-electron chi connectivity index (χ3n) is 2.44. The molecule has 1 aliphatic rings. The van der Waals surface area contributed by atoms with Gasteiger partial charge < -0.3 is 9.47 Å². The lowest BCUT2D eigenvalue weighted by Crippen LogP contribution is -1.98. The number of hydrogen-bond acceptors (Lipinski definition) is 3. The van der Waals surface area contributed by atoms with Crippen molar-refractivity contribution in [3.8, 4) is 0 Å². The molecule has 1 aliphatic heterocycles. The second-order valence-corrected chi connectivity index (χ2v) is 3.64. The van der Waals surface area contributed by atoms with Crippen LogP contribution < -0.4 is 0 Å². The van der Waals surface area contributed by atoms with Gasteiger partial charge in [0.1, 0.15) is 0 Å². The maximum atomic E-state index is 11.1. The number of benzene rings is 1. The summed E-state index contributed by atoms with van der Waals surface area (Å²) in [5, 5.41) is 0. The van der Waals surface area contributed by atoms with Crippen molar-refractivity contribution in [2.75, 3.05) is 13.2 Å². The topological polar surface area (TPSA) is 35.5 Å². The van der Waals surface area contributed by atoms with Gasteiger partial charge in [0.05, 0.1) is 25.0 Å². The molecule has 1 fully saturated rings. The van der Waals surface area contributed by atoms with Gasteiger partial charge in [-0.1, -0.05) is 30.3 Å². The molecule has 1 aromatic carbocycles. The first-order valence-corrected chi connectivity index (χ1v) is 5.38. The van der Waals surface area contributed by atoms with Crippen molar-refractivity contribution in [1.29, 1.82) is 0 Å². The minimum Gasteiger partial charge on any atom is -0.500 e. The van der Waals surface area contributed by atoms with Crippen LogP contribution in [-0.4, -0.2) is 19.2 Å². The molecule has 0 unspecified atom stereocenters. The largest absolute Gasteiger partial charge is 0.500 e. The van der Waals surface area contributed by atoms with E-state index in [0.29, 0.717) is 25.2 Å². The fourth-order valence-corrected chi connectivity index (χ4v) is 1.54. The highest BCUT2D eigenvalue weighted by atomic mass is 16.5. The minimum absolute atomic E-state index is 0.250. The molecule has 0 amide bonds. The number of esters is 1. The smallest absolute Gasteiger partial charge is 0.337 e. The van der Waals surface area contributed by atoms with Crippen LogP contribution in [0.25, 0.3) is 0 Å². The van der Waals surface area contributed by atoms with Crippen LogP contribution in [0.15, 0.2) is 42.2 Å². The zero-order chi connectivity index (χ0) is 11.2. The Bertz CT molecular complexity index is 381. The number of hydrogen-bond donors (Lipinski definition) is 0. The number of cyclic esters (lactones) is 1. The van der Waals surface area contributed by atoms with Crippen molar-refractivity contribution in [2.45, 2.75) is 12.8 Å². The van der Waals surface area contributed by atoms with Crippen LogP contribution in [-0.2, 0) is 20.7 Å². The first-order chi connectivity index (χ1) is 7.86. The summed E-state index contributed by atoms with van der Waals surface area (Å²) in [6.45, 7) is 1.06. The number of ether oxygens (including phenoxy) is 2. The quantitative estimate of drug-likeness (QED) is 0.336. The van der Waals surface area contributed by atoms with E-state index in [0.717, 1.165) is 6.42 Å². The summed E-state index contributed by atoms with van der Waals surface area (Å²) in [6.07, 6.45) is 3.03. The molecule has 1 saturated heterocycles. The Kier molecular flexibility index (Phi) is 3.59. The van der Waals surface area contributed by atoms with Gasteiger partial charge in [0, 0.05) is 12.8 Å². The standard InChI is InChI=1S/C13H14O3/c14-13-12(7-9-16-13)10-15-8-6-11-4-2-1-3-5-11/h1-5,10H,6-9H2/b12-10-. The Morgan fingerprint density at radius 3 is 2.81 bits per heavy atom. The Balaban J connectivity index is 1.75. The van der Waals surface area contributed by atoms with Crippen molar-refractivity contribution >= 4 is 5.97 Å². The SMILES string of the molecule is O=C1OCC/C1=C/OCCc1ccccc1. The molecule has 2 rings (SSSR count). The van der Waals surface area contributed by atoms with Crippen LogP contribution in [0.2, 0.25) is 0 Å². The molecular formula is C13H14O3. The lowest BCUT2D eigenvalue weighted by Gasteiger charge is -2.01. The van der Waals surface area contributed by atoms with Crippen LogP contribution in [0.4, 0.5) is 0 Å². The first kappa shape index (κ1) is 10.7. The summed E-state index contributed by atoms with van der Waals surface area (Å²) >= 11 is 0. The zero-order valence-electron chi connectivity index (χ0n) is 9.02. The molecule has 0 saturated carbocycles. The molecule has 0 aromatic heterocycles. The van der Waals surface area contributed by atoms with Gasteiger partial charge in [-0.15, -0.1) is 0 Å². The monoisotopic (exact) mass is 218 g/mol. The van der Waals surface area contributed by atoms with E-state index in [1.165, 1.54) is 11.8 Å². The highest BCUT2D eigenvalue weighted by Crippen LogP contribution is 2.12. The zero-order valence-corrected chi connectivity index (χ0v) is 9.02. The summed E-state index contributed by atoms with van der Waals surface area (Å²) in [6, 6.07) is 10.1. The third-order valence-corrected chi connectivity index (χ3v) is 2.44. The van der Waals surface area contributed by atoms with E-state index < -0.39 is 0 Å². The van der Waals surface area contributed by atoms with E-state index in [-0.39, 0.29) is 5.97 Å². The highest BCUT2D eigenvalue weighted by Gasteiger charge is 2.18. The number of carbonyl (C=O) groups excluding carboxylic acids is 1. The summed E-state index contributed by atoms with van der Waals surface area (Å²) < 4.78 is 10.1. The maximum Gasteiger partial charge on any atom is 0.337 e. The molecule has 0 atom stereocenters. The molecule has 0 N–H and O–H groups in total. The van der Waals surface area contributed by atoms with E-state index in [9.17, 15) is 4.79 Å². The van der Waals surface area contributed by atoms with Gasteiger partial charge in [-0.3, -0.25) is 0 Å². The Morgan fingerprint density at radius 1 is 1.31 bits per heavy atom. The van der Waals surface area contributed by atoms with Gasteiger partial charge >= 0.3 is 5.97 Å². The van der Waals surface area contributed by atoms with E-state index in [4.69, 9.17) is 9.47 Å². The Labute approximate surface area is 94.7 Å². The summed E-state index contributed by atoms with van der Waals surface area (Å²) in [4.78, 5) is 11.1. The van der Waals surface area contributed by atoms with Gasteiger partial charge in [0.25, 0.3) is 0 Å². The highest BCUT2D eigenvalue weighted by molar-refractivity contribution is 5.89. The van der Waals surface area contributed by atoms with Crippen LogP contribution in [0.1, 0.15) is 12.0 Å². The van der Waals surface area contributed by atoms with Crippen molar-refractivity contribution in [1.82, 2.24) is 0 Å². The van der Waals surface area contributed by atoms with E-state index in [1.54, 1.807) is 0 Å². The lowest BCUT2D eigenvalue weighted by atomic mass is 10.2. The average Bonchev–Trinajstić information content (AvgIpc) is 2.72. The Morgan fingerprint density at radius 2 is 2.12 bits per heavy atom. The second kappa shape index (κ2) is 5.35. The van der Waals surface area contributed by atoms with Crippen molar-refractivity contribution in [2.24, 2.45) is 0 Å². The molecule has 1 heterocycles. The molecule has 3 heteroatoms. The molecule has 0 radical (unpaired) electrons. The minimum atomic E-state index is -0.250. The number of carbonyl (C=O) groups is 1. The number of rotatable bonds is 4. The van der Waals surface area contributed by atoms with E-state index in [1.807, 2.05) is 18.2 Å². The second-order valence-electron chi connectivity index (χ2n) is 3.64. The van der Waals surface area contributed by atoms with Gasteiger partial charge in [-0.05, 0) is 5.56 Å². The van der Waals surface area contributed by atoms with Crippen LogP contribution in [0.3, 0.4) is 0 Å². The van der Waals surface area contributed by atoms with Gasteiger partial charge in [0.2, 0.25) is 0 Å². The molecule has 84 valence electrons. The normalized spacial score (nSPS) is 17.5. The molecule has 0 aliphatic carbocycles. The Hall–Kier alpha value is -1.77. The first-order valence-electron chi connectivity index (χ1n) is 5.38. The third kappa shape index (κ3) is 2.86.